The van der Waals surface area contributed by atoms with E-state index in [1.54, 1.807) is 0 Å². The van der Waals surface area contributed by atoms with Gasteiger partial charge in [0.2, 0.25) is 0 Å². The van der Waals surface area contributed by atoms with Gasteiger partial charge in [-0.1, -0.05) is 0 Å². The third-order valence-corrected chi connectivity index (χ3v) is 3.70. The van der Waals surface area contributed by atoms with Gasteiger partial charge in [-0.2, -0.15) is 18.4 Å². The minimum Gasteiger partial charge on any atom is -0.382 e. The topological polar surface area (TPSA) is 107 Å². The van der Waals surface area contributed by atoms with E-state index in [9.17, 15) is 13.2 Å². The molecule has 0 spiro atoms. The van der Waals surface area contributed by atoms with Gasteiger partial charge in [0.15, 0.2) is 0 Å². The lowest BCUT2D eigenvalue weighted by Crippen LogP contribution is -2.42. The largest absolute Gasteiger partial charge is 0.419 e. The third kappa shape index (κ3) is 6.33. The highest BCUT2D eigenvalue weighted by Gasteiger charge is 2.34. The number of aromatic nitrogens is 1. The highest BCUT2D eigenvalue weighted by molar-refractivity contribution is 5.96. The summed E-state index contributed by atoms with van der Waals surface area (Å²) in [6, 6.07) is 3.06. The first-order chi connectivity index (χ1) is 13.3. The maximum absolute atomic E-state index is 13.3. The number of ether oxygens (including phenoxy) is 1. The molecule has 0 saturated carbocycles. The van der Waals surface area contributed by atoms with Crippen molar-refractivity contribution < 1.29 is 17.9 Å². The Morgan fingerprint density at radius 3 is 2.96 bits per heavy atom. The predicted molar refractivity (Wildman–Crippen MR) is 100 cm³/mol. The molecule has 2 rings (SSSR count). The lowest BCUT2D eigenvalue weighted by atomic mass is 10.2. The van der Waals surface area contributed by atoms with E-state index in [4.69, 9.17) is 10.00 Å². The van der Waals surface area contributed by atoms with E-state index < -0.39 is 11.7 Å². The maximum atomic E-state index is 13.3. The Morgan fingerprint density at radius 2 is 2.36 bits per heavy atom. The Morgan fingerprint density at radius 1 is 1.57 bits per heavy atom. The molecule has 0 aromatic carbocycles. The van der Waals surface area contributed by atoms with Gasteiger partial charge in [-0.05, 0) is 13.6 Å². The minimum absolute atomic E-state index is 0.113. The molecule has 1 aromatic rings. The van der Waals surface area contributed by atoms with Crippen LogP contribution in [0.1, 0.15) is 12.5 Å². The molecule has 1 saturated heterocycles. The highest BCUT2D eigenvalue weighted by atomic mass is 19.4. The Balaban J connectivity index is 2.21. The number of nitrogens with one attached hydrogen (secondary N) is 3. The second kappa shape index (κ2) is 9.82. The van der Waals surface area contributed by atoms with Crippen LogP contribution in [0.25, 0.3) is 0 Å². The molecule has 1 aliphatic rings. The van der Waals surface area contributed by atoms with Crippen LogP contribution < -0.4 is 16.0 Å². The van der Waals surface area contributed by atoms with Gasteiger partial charge in [0.25, 0.3) is 0 Å². The molecule has 0 bridgehead atoms. The summed E-state index contributed by atoms with van der Waals surface area (Å²) in [5, 5.41) is 17.3. The normalized spacial score (nSPS) is 18.3. The molecular formula is C17H20F3N7O. The molecule has 3 N–H and O–H groups in total. The monoisotopic (exact) mass is 395 g/mol. The molecule has 2 heterocycles. The Hall–Kier alpha value is -2.97. The molecule has 1 fully saturated rings. The molecule has 150 valence electrons. The number of anilines is 2. The van der Waals surface area contributed by atoms with E-state index in [1.807, 2.05) is 6.07 Å². The van der Waals surface area contributed by atoms with Gasteiger partial charge in [0, 0.05) is 31.9 Å². The van der Waals surface area contributed by atoms with Crippen molar-refractivity contribution in [2.45, 2.75) is 19.2 Å². The Labute approximate surface area is 160 Å². The van der Waals surface area contributed by atoms with Crippen LogP contribution in [0.5, 0.6) is 0 Å². The first-order valence-electron chi connectivity index (χ1n) is 8.35. The summed E-state index contributed by atoms with van der Waals surface area (Å²) in [5.41, 5.74) is -0.844. The number of aliphatic imine (C=N–C) groups is 2. The van der Waals surface area contributed by atoms with Crippen LogP contribution >= 0.6 is 0 Å². The summed E-state index contributed by atoms with van der Waals surface area (Å²) in [7, 11) is 0. The number of hydrogen-bond acceptors (Lipinski definition) is 8. The van der Waals surface area contributed by atoms with Gasteiger partial charge in [-0.3, -0.25) is 0 Å². The van der Waals surface area contributed by atoms with E-state index in [0.717, 1.165) is 6.20 Å². The van der Waals surface area contributed by atoms with E-state index in [1.165, 1.54) is 19.2 Å². The van der Waals surface area contributed by atoms with Gasteiger partial charge in [0.05, 0.1) is 30.2 Å². The van der Waals surface area contributed by atoms with Crippen LogP contribution in [0.15, 0.2) is 34.3 Å². The molecule has 11 heteroatoms. The average Bonchev–Trinajstić information content (AvgIpc) is 2.69. The van der Waals surface area contributed by atoms with Crippen LogP contribution in [-0.4, -0.2) is 49.8 Å². The van der Waals surface area contributed by atoms with Crippen molar-refractivity contribution in [2.75, 3.05) is 36.9 Å². The van der Waals surface area contributed by atoms with Crippen LogP contribution in [-0.2, 0) is 10.9 Å². The van der Waals surface area contributed by atoms with Crippen LogP contribution in [0.2, 0.25) is 0 Å². The smallest absolute Gasteiger partial charge is 0.382 e. The summed E-state index contributed by atoms with van der Waals surface area (Å²) in [6.45, 7) is 6.82. The lowest BCUT2D eigenvalue weighted by molar-refractivity contribution is -0.137. The van der Waals surface area contributed by atoms with E-state index in [0.29, 0.717) is 19.7 Å². The molecule has 8 nitrogen and oxygen atoms in total. The van der Waals surface area contributed by atoms with Crippen LogP contribution in [0, 0.1) is 11.3 Å². The number of nitrogens with zero attached hydrogens (tertiary/aromatic N) is 4. The summed E-state index contributed by atoms with van der Waals surface area (Å²) in [4.78, 5) is 11.3. The number of rotatable bonds is 7. The quantitative estimate of drug-likeness (QED) is 0.612. The number of nitriles is 1. The molecule has 0 aliphatic carbocycles. The maximum Gasteiger partial charge on any atom is 0.419 e. The van der Waals surface area contributed by atoms with Crippen molar-refractivity contribution in [1.82, 2.24) is 10.3 Å². The molecule has 0 amide bonds. The summed E-state index contributed by atoms with van der Waals surface area (Å²) < 4.78 is 45.4. The first-order valence-corrected chi connectivity index (χ1v) is 8.35. The number of alkyl halides is 3. The Kier molecular flexibility index (Phi) is 7.48. The zero-order valence-corrected chi connectivity index (χ0v) is 15.2. The second-order valence-electron chi connectivity index (χ2n) is 5.81. The highest BCUT2D eigenvalue weighted by Crippen LogP contribution is 2.35. The van der Waals surface area contributed by atoms with Crippen molar-refractivity contribution in [2.24, 2.45) is 9.98 Å². The zero-order chi connectivity index (χ0) is 20.6. The number of hydrogen-bond donors (Lipinski definition) is 3. The number of halogens is 3. The molecular weight excluding hydrogens is 375 g/mol. The molecule has 1 unspecified atom stereocenters. The molecule has 1 aromatic heterocycles. The number of morpholine rings is 1. The van der Waals surface area contributed by atoms with Gasteiger partial charge in [-0.25, -0.2) is 15.0 Å². The van der Waals surface area contributed by atoms with Gasteiger partial charge >= 0.3 is 6.18 Å². The van der Waals surface area contributed by atoms with E-state index in [2.05, 4.69) is 37.6 Å². The summed E-state index contributed by atoms with van der Waals surface area (Å²) in [6.07, 6.45) is -2.84. The molecule has 0 radical (unpaired) electrons. The molecule has 1 atom stereocenters. The fourth-order valence-electron chi connectivity index (χ4n) is 2.30. The van der Waals surface area contributed by atoms with Crippen molar-refractivity contribution >= 4 is 23.9 Å². The fraction of sp³-hybridized carbons (Fsp3) is 0.412. The van der Waals surface area contributed by atoms with Crippen LogP contribution in [0.4, 0.5) is 24.7 Å². The molecule has 28 heavy (non-hydrogen) atoms. The first kappa shape index (κ1) is 21.3. The van der Waals surface area contributed by atoms with Crippen molar-refractivity contribution in [1.29, 1.82) is 5.26 Å². The van der Waals surface area contributed by atoms with Crippen molar-refractivity contribution in [3.05, 3.63) is 29.8 Å². The zero-order valence-electron chi connectivity index (χ0n) is 15.2. The van der Waals surface area contributed by atoms with Gasteiger partial charge in [-0.15, -0.1) is 0 Å². The second-order valence-corrected chi connectivity index (χ2v) is 5.81. The number of pyridine rings is 1. The van der Waals surface area contributed by atoms with Crippen LogP contribution in [0.3, 0.4) is 0 Å². The van der Waals surface area contributed by atoms with E-state index >= 15 is 0 Å². The fourth-order valence-corrected chi connectivity index (χ4v) is 2.30. The van der Waals surface area contributed by atoms with Gasteiger partial charge in [0.1, 0.15) is 23.4 Å². The molecule has 1 aliphatic heterocycles. The standard InChI is InChI=1S/C17H20F3N7O/c1-11(6-21)24-10-16(22-2)27-15-5-14(13(9-26-15)17(18,19)20)25-8-12-7-23-3-4-28-12/h5,9-10,12,23H,2-4,7-8H2,1H3,(H2,25,26,27)/b16-10+,24-11+. The lowest BCUT2D eigenvalue weighted by Gasteiger charge is -2.25. The van der Waals surface area contributed by atoms with Gasteiger partial charge < -0.3 is 20.7 Å². The SMILES string of the molecule is C=N/C(=C\N=C(/C)C#N)Nc1cc(NCC2CNCCO2)c(C(F)(F)F)cn1. The third-order valence-electron chi connectivity index (χ3n) is 3.70. The summed E-state index contributed by atoms with van der Waals surface area (Å²) >= 11 is 0. The predicted octanol–water partition coefficient (Wildman–Crippen LogP) is 2.40. The van der Waals surface area contributed by atoms with E-state index in [-0.39, 0.29) is 35.7 Å². The summed E-state index contributed by atoms with van der Waals surface area (Å²) in [5.74, 6) is 0.245. The minimum atomic E-state index is -4.57. The van der Waals surface area contributed by atoms with Crippen molar-refractivity contribution in [3.8, 4) is 6.07 Å². The van der Waals surface area contributed by atoms with Crippen molar-refractivity contribution in [3.63, 3.8) is 0 Å². The Bertz CT molecular complexity index is 793. The average molecular weight is 395 g/mol.